The minimum Gasteiger partial charge on any atom is -0.493 e. The summed E-state index contributed by atoms with van der Waals surface area (Å²) in [6, 6.07) is 17.1. The number of benzene rings is 2. The SMILES string of the molecule is CC1CC(=O)N(C)c2cc(OCCCN3CCC(c4ccccc4)CC3)ccc21. The molecule has 1 saturated heterocycles. The number of ether oxygens (including phenoxy) is 1. The number of piperidine rings is 1. The molecule has 2 aliphatic rings. The second-order valence-corrected chi connectivity index (χ2v) is 8.51. The minimum atomic E-state index is 0.182. The fourth-order valence-electron chi connectivity index (χ4n) is 4.66. The summed E-state index contributed by atoms with van der Waals surface area (Å²) in [6.45, 7) is 6.25. The van der Waals surface area contributed by atoms with Crippen LogP contribution < -0.4 is 9.64 Å². The standard InChI is InChI=1S/C25H32N2O2/c1-19-17-25(28)26(2)24-18-22(9-10-23(19)24)29-16-6-13-27-14-11-21(12-15-27)20-7-4-3-5-8-20/h3-5,7-10,18-19,21H,6,11-17H2,1-2H3. The van der Waals surface area contributed by atoms with Gasteiger partial charge in [-0.1, -0.05) is 43.3 Å². The fraction of sp³-hybridized carbons (Fsp3) is 0.480. The normalized spacial score (nSPS) is 20.6. The highest BCUT2D eigenvalue weighted by Gasteiger charge is 2.26. The van der Waals surface area contributed by atoms with Gasteiger partial charge in [0.05, 0.1) is 12.3 Å². The van der Waals surface area contributed by atoms with Crippen molar-refractivity contribution < 1.29 is 9.53 Å². The molecule has 1 atom stereocenters. The molecule has 1 unspecified atom stereocenters. The van der Waals surface area contributed by atoms with Crippen LogP contribution in [0, 0.1) is 0 Å². The van der Waals surface area contributed by atoms with Gasteiger partial charge in [-0.2, -0.15) is 0 Å². The fourth-order valence-corrected chi connectivity index (χ4v) is 4.66. The number of rotatable bonds is 6. The van der Waals surface area contributed by atoms with Gasteiger partial charge in [0.25, 0.3) is 0 Å². The van der Waals surface area contributed by atoms with Crippen molar-refractivity contribution in [1.82, 2.24) is 4.90 Å². The molecule has 0 bridgehead atoms. The van der Waals surface area contributed by atoms with Crippen LogP contribution in [-0.2, 0) is 4.79 Å². The molecular formula is C25H32N2O2. The Morgan fingerprint density at radius 1 is 1.07 bits per heavy atom. The summed E-state index contributed by atoms with van der Waals surface area (Å²) in [7, 11) is 1.86. The monoisotopic (exact) mass is 392 g/mol. The predicted octanol–water partition coefficient (Wildman–Crippen LogP) is 4.81. The van der Waals surface area contributed by atoms with Gasteiger partial charge in [0.1, 0.15) is 5.75 Å². The first-order chi connectivity index (χ1) is 14.1. The maximum absolute atomic E-state index is 12.1. The second kappa shape index (κ2) is 9.00. The van der Waals surface area contributed by atoms with Crippen LogP contribution in [0.25, 0.3) is 0 Å². The summed E-state index contributed by atoms with van der Waals surface area (Å²) < 4.78 is 6.01. The average molecular weight is 393 g/mol. The van der Waals surface area contributed by atoms with E-state index >= 15 is 0 Å². The van der Waals surface area contributed by atoms with Crippen LogP contribution >= 0.6 is 0 Å². The molecule has 4 rings (SSSR count). The molecule has 4 heteroatoms. The maximum Gasteiger partial charge on any atom is 0.227 e. The summed E-state index contributed by atoms with van der Waals surface area (Å²) >= 11 is 0. The third kappa shape index (κ3) is 4.64. The average Bonchev–Trinajstić information content (AvgIpc) is 2.76. The number of carbonyl (C=O) groups excluding carboxylic acids is 1. The van der Waals surface area contributed by atoms with E-state index in [-0.39, 0.29) is 11.8 Å². The summed E-state index contributed by atoms with van der Waals surface area (Å²) in [6.07, 6.45) is 4.10. The van der Waals surface area contributed by atoms with Crippen molar-refractivity contribution in [3.05, 3.63) is 59.7 Å². The second-order valence-electron chi connectivity index (χ2n) is 8.51. The molecule has 0 N–H and O–H groups in total. The molecule has 2 aromatic rings. The Balaban J connectivity index is 1.22. The van der Waals surface area contributed by atoms with E-state index in [0.717, 1.165) is 24.4 Å². The highest BCUT2D eigenvalue weighted by atomic mass is 16.5. The lowest BCUT2D eigenvalue weighted by Crippen LogP contribution is -2.34. The van der Waals surface area contributed by atoms with Gasteiger partial charge >= 0.3 is 0 Å². The molecule has 0 radical (unpaired) electrons. The Bertz CT molecular complexity index is 828. The topological polar surface area (TPSA) is 32.8 Å². The van der Waals surface area contributed by atoms with Gasteiger partial charge in [0.15, 0.2) is 0 Å². The van der Waals surface area contributed by atoms with Gasteiger partial charge in [-0.15, -0.1) is 0 Å². The lowest BCUT2D eigenvalue weighted by molar-refractivity contribution is -0.119. The van der Waals surface area contributed by atoms with E-state index in [1.165, 1.54) is 37.1 Å². The number of amides is 1. The first-order valence-corrected chi connectivity index (χ1v) is 10.9. The van der Waals surface area contributed by atoms with Crippen LogP contribution in [0.4, 0.5) is 5.69 Å². The van der Waals surface area contributed by atoms with Crippen LogP contribution in [0.15, 0.2) is 48.5 Å². The minimum absolute atomic E-state index is 0.182. The molecular weight excluding hydrogens is 360 g/mol. The molecule has 2 heterocycles. The number of anilines is 1. The Kier molecular flexibility index (Phi) is 6.19. The third-order valence-electron chi connectivity index (χ3n) is 6.50. The van der Waals surface area contributed by atoms with Gasteiger partial charge < -0.3 is 14.5 Å². The molecule has 1 fully saturated rings. The van der Waals surface area contributed by atoms with Crippen molar-refractivity contribution in [2.75, 3.05) is 38.2 Å². The predicted molar refractivity (Wildman–Crippen MR) is 118 cm³/mol. The van der Waals surface area contributed by atoms with E-state index in [2.05, 4.69) is 48.2 Å². The highest BCUT2D eigenvalue weighted by molar-refractivity contribution is 5.96. The van der Waals surface area contributed by atoms with E-state index in [0.29, 0.717) is 18.9 Å². The Morgan fingerprint density at radius 3 is 2.59 bits per heavy atom. The highest BCUT2D eigenvalue weighted by Crippen LogP contribution is 2.37. The molecule has 1 amide bonds. The maximum atomic E-state index is 12.1. The van der Waals surface area contributed by atoms with Crippen molar-refractivity contribution in [2.24, 2.45) is 0 Å². The molecule has 29 heavy (non-hydrogen) atoms. The van der Waals surface area contributed by atoms with Crippen LogP contribution in [0.3, 0.4) is 0 Å². The van der Waals surface area contributed by atoms with Crippen molar-refractivity contribution in [3.63, 3.8) is 0 Å². The summed E-state index contributed by atoms with van der Waals surface area (Å²) in [5.41, 5.74) is 3.72. The van der Waals surface area contributed by atoms with Crippen molar-refractivity contribution in [3.8, 4) is 5.75 Å². The quantitative estimate of drug-likeness (QED) is 0.662. The van der Waals surface area contributed by atoms with E-state index in [9.17, 15) is 4.79 Å². The molecule has 0 aromatic heterocycles. The molecule has 4 nitrogen and oxygen atoms in total. The number of hydrogen-bond acceptors (Lipinski definition) is 3. The molecule has 0 aliphatic carbocycles. The number of hydrogen-bond donors (Lipinski definition) is 0. The van der Waals surface area contributed by atoms with E-state index in [1.807, 2.05) is 19.2 Å². The molecule has 0 spiro atoms. The lowest BCUT2D eigenvalue weighted by Gasteiger charge is -2.32. The Labute approximate surface area is 174 Å². The lowest BCUT2D eigenvalue weighted by atomic mass is 9.89. The first kappa shape index (κ1) is 20.0. The van der Waals surface area contributed by atoms with Crippen LogP contribution in [0.5, 0.6) is 5.75 Å². The Morgan fingerprint density at radius 2 is 1.83 bits per heavy atom. The van der Waals surface area contributed by atoms with Gasteiger partial charge in [-0.3, -0.25) is 4.79 Å². The van der Waals surface area contributed by atoms with Crippen LogP contribution in [-0.4, -0.2) is 44.1 Å². The van der Waals surface area contributed by atoms with E-state index < -0.39 is 0 Å². The smallest absolute Gasteiger partial charge is 0.227 e. The van der Waals surface area contributed by atoms with Gasteiger partial charge in [0.2, 0.25) is 5.91 Å². The zero-order chi connectivity index (χ0) is 20.2. The molecule has 154 valence electrons. The van der Waals surface area contributed by atoms with Gasteiger partial charge in [-0.25, -0.2) is 0 Å². The van der Waals surface area contributed by atoms with Gasteiger partial charge in [-0.05, 0) is 61.4 Å². The van der Waals surface area contributed by atoms with Crippen molar-refractivity contribution >= 4 is 11.6 Å². The zero-order valence-electron chi connectivity index (χ0n) is 17.6. The number of carbonyl (C=O) groups is 1. The van der Waals surface area contributed by atoms with Crippen LogP contribution in [0.1, 0.15) is 55.6 Å². The van der Waals surface area contributed by atoms with E-state index in [4.69, 9.17) is 4.74 Å². The molecule has 0 saturated carbocycles. The number of likely N-dealkylation sites (tertiary alicyclic amines) is 1. The molecule has 2 aromatic carbocycles. The summed E-state index contributed by atoms with van der Waals surface area (Å²) in [5, 5.41) is 0. The van der Waals surface area contributed by atoms with Crippen LogP contribution in [0.2, 0.25) is 0 Å². The molecule has 2 aliphatic heterocycles. The van der Waals surface area contributed by atoms with Crippen molar-refractivity contribution in [1.29, 1.82) is 0 Å². The summed E-state index contributed by atoms with van der Waals surface area (Å²) in [5.74, 6) is 2.03. The zero-order valence-corrected chi connectivity index (χ0v) is 17.6. The third-order valence-corrected chi connectivity index (χ3v) is 6.50. The number of nitrogens with zero attached hydrogens (tertiary/aromatic N) is 2. The van der Waals surface area contributed by atoms with Crippen molar-refractivity contribution in [2.45, 2.75) is 44.4 Å². The number of fused-ring (bicyclic) bond motifs is 1. The largest absolute Gasteiger partial charge is 0.493 e. The van der Waals surface area contributed by atoms with Gasteiger partial charge in [0, 0.05) is 26.1 Å². The first-order valence-electron chi connectivity index (χ1n) is 10.9. The Hall–Kier alpha value is -2.33. The van der Waals surface area contributed by atoms with E-state index in [1.54, 1.807) is 4.90 Å². The summed E-state index contributed by atoms with van der Waals surface area (Å²) in [4.78, 5) is 16.4.